The average molecular weight is 467 g/mol. The summed E-state index contributed by atoms with van der Waals surface area (Å²) in [6.45, 7) is 2.95. The maximum atomic E-state index is 14.4. The van der Waals surface area contributed by atoms with E-state index in [9.17, 15) is 4.39 Å². The van der Waals surface area contributed by atoms with Gasteiger partial charge in [0.1, 0.15) is 5.82 Å². The van der Waals surface area contributed by atoms with E-state index in [1.165, 1.54) is 18.9 Å². The number of nitrogens with zero attached hydrogens (tertiary/aromatic N) is 6. The molecule has 1 saturated carbocycles. The highest BCUT2D eigenvalue weighted by atomic mass is 19.1. The molecule has 8 nitrogen and oxygen atoms in total. The molecule has 1 aromatic heterocycles. The first-order valence-electron chi connectivity index (χ1n) is 11.9. The summed E-state index contributed by atoms with van der Waals surface area (Å²) in [5.74, 6) is 2.02. The predicted octanol–water partition coefficient (Wildman–Crippen LogP) is 3.86. The van der Waals surface area contributed by atoms with Gasteiger partial charge >= 0.3 is 0 Å². The minimum atomic E-state index is -0.183. The molecule has 3 aromatic rings. The number of piperazine rings is 1. The Balaban J connectivity index is 1.47. The Bertz CT molecular complexity index is 1110. The smallest absolute Gasteiger partial charge is 0.173 e. The van der Waals surface area contributed by atoms with E-state index in [1.54, 1.807) is 20.3 Å². The van der Waals surface area contributed by atoms with E-state index >= 15 is 0 Å². The lowest BCUT2D eigenvalue weighted by Crippen LogP contribution is -2.48. The lowest BCUT2D eigenvalue weighted by Gasteiger charge is -2.40. The van der Waals surface area contributed by atoms with Crippen LogP contribution in [0, 0.1) is 5.82 Å². The number of ether oxygens (including phenoxy) is 2. The molecule has 2 fully saturated rings. The Kier molecular flexibility index (Phi) is 6.62. The van der Waals surface area contributed by atoms with Crippen molar-refractivity contribution in [3.8, 4) is 11.5 Å². The molecule has 5 rings (SSSR count). The highest BCUT2D eigenvalue weighted by Crippen LogP contribution is 2.38. The molecule has 2 aliphatic rings. The Hall–Kier alpha value is -3.20. The molecule has 0 radical (unpaired) electrons. The monoisotopic (exact) mass is 466 g/mol. The quantitative estimate of drug-likeness (QED) is 0.524. The molecule has 0 unspecified atom stereocenters. The third-order valence-corrected chi connectivity index (χ3v) is 7.03. The maximum Gasteiger partial charge on any atom is 0.173 e. The second-order valence-electron chi connectivity index (χ2n) is 8.91. The topological polar surface area (TPSA) is 68.5 Å². The van der Waals surface area contributed by atoms with Gasteiger partial charge in [-0.2, -0.15) is 0 Å². The normalized spacial score (nSPS) is 18.3. The number of benzene rings is 2. The number of methoxy groups -OCH3 is 2. The van der Waals surface area contributed by atoms with Crippen molar-refractivity contribution in [1.29, 1.82) is 0 Å². The van der Waals surface area contributed by atoms with Gasteiger partial charge in [-0.1, -0.05) is 31.0 Å². The standard InChI is InChI=1S/C25H31FN6O2/c1-33-22-12-11-18(17-23(22)34-2)24(25-27-28-29-32(25)19-7-3-4-8-19)31-15-13-30(14-16-31)21-10-6-5-9-20(21)26/h5-6,9-12,17,19,24H,3-4,7-8,13-16H2,1-2H3/t24-/m1/s1. The molecule has 0 amide bonds. The number of tetrazole rings is 1. The van der Waals surface area contributed by atoms with Crippen LogP contribution < -0.4 is 14.4 Å². The van der Waals surface area contributed by atoms with Gasteiger partial charge in [0.25, 0.3) is 0 Å². The Labute approximate surface area is 199 Å². The van der Waals surface area contributed by atoms with E-state index in [-0.39, 0.29) is 11.9 Å². The second-order valence-corrected chi connectivity index (χ2v) is 8.91. The molecule has 2 aromatic carbocycles. The van der Waals surface area contributed by atoms with Crippen LogP contribution in [-0.2, 0) is 0 Å². The van der Waals surface area contributed by atoms with Crippen molar-refractivity contribution in [1.82, 2.24) is 25.1 Å². The van der Waals surface area contributed by atoms with Crippen molar-refractivity contribution < 1.29 is 13.9 Å². The summed E-state index contributed by atoms with van der Waals surface area (Å²) in [5.41, 5.74) is 1.70. The third-order valence-electron chi connectivity index (χ3n) is 7.03. The average Bonchev–Trinajstić information content (AvgIpc) is 3.57. The third kappa shape index (κ3) is 4.32. The molecule has 180 valence electrons. The van der Waals surface area contributed by atoms with Crippen LogP contribution in [0.4, 0.5) is 10.1 Å². The summed E-state index contributed by atoms with van der Waals surface area (Å²) in [4.78, 5) is 4.49. The zero-order chi connectivity index (χ0) is 23.5. The number of halogens is 1. The fraction of sp³-hybridized carbons (Fsp3) is 0.480. The van der Waals surface area contributed by atoms with Crippen molar-refractivity contribution in [2.75, 3.05) is 45.3 Å². The predicted molar refractivity (Wildman–Crippen MR) is 127 cm³/mol. The first-order valence-corrected chi connectivity index (χ1v) is 11.9. The number of hydrogen-bond donors (Lipinski definition) is 0. The van der Waals surface area contributed by atoms with Crippen molar-refractivity contribution in [2.45, 2.75) is 37.8 Å². The van der Waals surface area contributed by atoms with E-state index in [0.717, 1.165) is 50.4 Å². The van der Waals surface area contributed by atoms with Gasteiger partial charge < -0.3 is 14.4 Å². The molecule has 0 spiro atoms. The minimum absolute atomic E-state index is 0.141. The lowest BCUT2D eigenvalue weighted by molar-refractivity contribution is 0.197. The van der Waals surface area contributed by atoms with Gasteiger partial charge in [-0.3, -0.25) is 4.90 Å². The van der Waals surface area contributed by atoms with Gasteiger partial charge in [-0.05, 0) is 53.1 Å². The molecule has 2 heterocycles. The molecular formula is C25H31FN6O2. The first kappa shape index (κ1) is 22.6. The van der Waals surface area contributed by atoms with Crippen molar-refractivity contribution >= 4 is 5.69 Å². The molecular weight excluding hydrogens is 435 g/mol. The van der Waals surface area contributed by atoms with E-state index in [4.69, 9.17) is 9.47 Å². The van der Waals surface area contributed by atoms with Crippen LogP contribution in [0.3, 0.4) is 0 Å². The van der Waals surface area contributed by atoms with Crippen molar-refractivity contribution in [3.05, 3.63) is 59.7 Å². The number of hydrogen-bond acceptors (Lipinski definition) is 7. The highest BCUT2D eigenvalue weighted by molar-refractivity contribution is 5.48. The summed E-state index contributed by atoms with van der Waals surface area (Å²) in [6, 6.07) is 13.2. The summed E-state index contributed by atoms with van der Waals surface area (Å²) < 4.78 is 27.5. The van der Waals surface area contributed by atoms with Gasteiger partial charge in [-0.25, -0.2) is 9.07 Å². The minimum Gasteiger partial charge on any atom is -0.493 e. The van der Waals surface area contributed by atoms with E-state index in [0.29, 0.717) is 23.2 Å². The molecule has 0 N–H and O–H groups in total. The van der Waals surface area contributed by atoms with Crippen LogP contribution in [0.5, 0.6) is 11.5 Å². The largest absolute Gasteiger partial charge is 0.493 e. The van der Waals surface area contributed by atoms with E-state index in [1.807, 2.05) is 28.9 Å². The van der Waals surface area contributed by atoms with Gasteiger partial charge in [0.2, 0.25) is 0 Å². The van der Waals surface area contributed by atoms with E-state index < -0.39 is 0 Å². The van der Waals surface area contributed by atoms with Crippen LogP contribution in [0.2, 0.25) is 0 Å². The van der Waals surface area contributed by atoms with Crippen LogP contribution in [-0.4, -0.2) is 65.5 Å². The number of anilines is 1. The van der Waals surface area contributed by atoms with Crippen LogP contribution >= 0.6 is 0 Å². The molecule has 34 heavy (non-hydrogen) atoms. The fourth-order valence-electron chi connectivity index (χ4n) is 5.26. The second kappa shape index (κ2) is 9.97. The first-order chi connectivity index (χ1) is 16.7. The van der Waals surface area contributed by atoms with Gasteiger partial charge in [0, 0.05) is 26.2 Å². The number of rotatable bonds is 7. The SMILES string of the molecule is COc1ccc([C@H](c2nnnn2C2CCCC2)N2CCN(c3ccccc3F)CC2)cc1OC. The Morgan fingerprint density at radius 3 is 2.38 bits per heavy atom. The van der Waals surface area contributed by atoms with E-state index in [2.05, 4.69) is 31.4 Å². The number of aromatic nitrogens is 4. The molecule has 1 atom stereocenters. The summed E-state index contributed by atoms with van der Waals surface area (Å²) in [5, 5.41) is 13.0. The Morgan fingerprint density at radius 2 is 1.68 bits per heavy atom. The van der Waals surface area contributed by atoms with Crippen molar-refractivity contribution in [2.24, 2.45) is 0 Å². The number of para-hydroxylation sites is 1. The summed E-state index contributed by atoms with van der Waals surface area (Å²) in [6.07, 6.45) is 4.59. The molecule has 1 saturated heterocycles. The Morgan fingerprint density at radius 1 is 0.941 bits per heavy atom. The van der Waals surface area contributed by atoms with Gasteiger partial charge in [-0.15, -0.1) is 5.10 Å². The van der Waals surface area contributed by atoms with Crippen LogP contribution in [0.1, 0.15) is 49.2 Å². The zero-order valence-corrected chi connectivity index (χ0v) is 19.7. The lowest BCUT2D eigenvalue weighted by atomic mass is 10.0. The van der Waals surface area contributed by atoms with Gasteiger partial charge in [0.15, 0.2) is 17.3 Å². The molecule has 1 aliphatic heterocycles. The summed E-state index contributed by atoms with van der Waals surface area (Å²) in [7, 11) is 3.28. The zero-order valence-electron chi connectivity index (χ0n) is 19.7. The highest BCUT2D eigenvalue weighted by Gasteiger charge is 2.34. The fourth-order valence-corrected chi connectivity index (χ4v) is 5.26. The van der Waals surface area contributed by atoms with Crippen LogP contribution in [0.15, 0.2) is 42.5 Å². The molecule has 1 aliphatic carbocycles. The van der Waals surface area contributed by atoms with Crippen molar-refractivity contribution in [3.63, 3.8) is 0 Å². The molecule has 0 bridgehead atoms. The van der Waals surface area contributed by atoms with Gasteiger partial charge in [0.05, 0.1) is 32.0 Å². The maximum absolute atomic E-state index is 14.4. The summed E-state index contributed by atoms with van der Waals surface area (Å²) >= 11 is 0. The molecule has 9 heteroatoms. The van der Waals surface area contributed by atoms with Crippen LogP contribution in [0.25, 0.3) is 0 Å².